The fraction of sp³-hybridized carbons (Fsp3) is 0.846. The Balaban J connectivity index is 2.08. The van der Waals surface area contributed by atoms with E-state index in [1.165, 1.54) is 12.0 Å². The van der Waals surface area contributed by atoms with Gasteiger partial charge < -0.3 is 14.6 Å². The fourth-order valence-corrected chi connectivity index (χ4v) is 2.64. The molecule has 1 amide bonds. The molecule has 2 rings (SSSR count). The lowest BCUT2D eigenvalue weighted by Crippen LogP contribution is -2.49. The van der Waals surface area contributed by atoms with Crippen molar-refractivity contribution in [2.45, 2.75) is 57.4 Å². The summed E-state index contributed by atoms with van der Waals surface area (Å²) in [5, 5.41) is 9.95. The average Bonchev–Trinajstić information content (AvgIpc) is 2.95. The largest absolute Gasteiger partial charge is 0.467 e. The number of methoxy groups -OCH3 is 1. The molecule has 19 heavy (non-hydrogen) atoms. The summed E-state index contributed by atoms with van der Waals surface area (Å²) in [5.74, 6) is -0.336. The maximum atomic E-state index is 12.2. The van der Waals surface area contributed by atoms with Gasteiger partial charge >= 0.3 is 12.1 Å². The van der Waals surface area contributed by atoms with Crippen molar-refractivity contribution in [2.75, 3.05) is 7.11 Å². The second-order valence-corrected chi connectivity index (χ2v) is 6.22. The van der Waals surface area contributed by atoms with Crippen molar-refractivity contribution in [3.63, 3.8) is 0 Å². The molecule has 2 aliphatic rings. The van der Waals surface area contributed by atoms with Gasteiger partial charge in [-0.1, -0.05) is 0 Å². The van der Waals surface area contributed by atoms with Crippen LogP contribution >= 0.6 is 0 Å². The van der Waals surface area contributed by atoms with Crippen LogP contribution in [0, 0.1) is 5.92 Å². The predicted octanol–water partition coefficient (Wildman–Crippen LogP) is 0.918. The number of aliphatic hydroxyl groups excluding tert-OH is 1. The lowest BCUT2D eigenvalue weighted by Gasteiger charge is -2.32. The van der Waals surface area contributed by atoms with Crippen LogP contribution in [0.4, 0.5) is 4.79 Å². The molecular weight excluding hydrogens is 250 g/mol. The lowest BCUT2D eigenvalue weighted by atomic mass is 10.1. The van der Waals surface area contributed by atoms with E-state index in [0.717, 1.165) is 6.42 Å². The minimum absolute atomic E-state index is 0.0964. The van der Waals surface area contributed by atoms with Gasteiger partial charge in [0.25, 0.3) is 0 Å². The quantitative estimate of drug-likeness (QED) is 0.756. The molecule has 0 aromatic heterocycles. The predicted molar refractivity (Wildman–Crippen MR) is 66.4 cm³/mol. The van der Waals surface area contributed by atoms with Gasteiger partial charge in [0.1, 0.15) is 5.60 Å². The van der Waals surface area contributed by atoms with Crippen molar-refractivity contribution < 1.29 is 24.2 Å². The number of likely N-dealkylation sites (tertiary alicyclic amines) is 1. The number of hydrogen-bond acceptors (Lipinski definition) is 5. The molecule has 0 aromatic carbocycles. The van der Waals surface area contributed by atoms with Gasteiger partial charge in [0, 0.05) is 6.04 Å². The Bertz CT molecular complexity index is 389. The zero-order valence-electron chi connectivity index (χ0n) is 11.8. The van der Waals surface area contributed by atoms with Crippen LogP contribution in [0.15, 0.2) is 0 Å². The van der Waals surface area contributed by atoms with E-state index in [-0.39, 0.29) is 6.04 Å². The van der Waals surface area contributed by atoms with Crippen LogP contribution in [0.1, 0.15) is 33.6 Å². The molecule has 2 fully saturated rings. The lowest BCUT2D eigenvalue weighted by molar-refractivity contribution is -0.153. The maximum absolute atomic E-state index is 12.2. The van der Waals surface area contributed by atoms with Crippen LogP contribution in [0.2, 0.25) is 0 Å². The van der Waals surface area contributed by atoms with Gasteiger partial charge in [-0.05, 0) is 39.5 Å². The summed E-state index contributed by atoms with van der Waals surface area (Å²) in [6.07, 6.45) is -0.222. The van der Waals surface area contributed by atoms with E-state index in [4.69, 9.17) is 4.74 Å². The van der Waals surface area contributed by atoms with Gasteiger partial charge in [0.2, 0.25) is 0 Å². The Morgan fingerprint density at radius 2 is 1.95 bits per heavy atom. The first-order valence-corrected chi connectivity index (χ1v) is 6.52. The molecule has 0 aromatic rings. The first kappa shape index (κ1) is 14.1. The van der Waals surface area contributed by atoms with Crippen molar-refractivity contribution >= 4 is 12.1 Å². The van der Waals surface area contributed by atoms with Crippen LogP contribution in [0.5, 0.6) is 0 Å². The molecule has 108 valence electrons. The highest BCUT2D eigenvalue weighted by Crippen LogP contribution is 2.49. The van der Waals surface area contributed by atoms with Gasteiger partial charge in [-0.2, -0.15) is 0 Å². The third kappa shape index (κ3) is 2.83. The summed E-state index contributed by atoms with van der Waals surface area (Å²) >= 11 is 0. The van der Waals surface area contributed by atoms with Crippen molar-refractivity contribution in [1.29, 1.82) is 0 Å². The zero-order valence-corrected chi connectivity index (χ0v) is 11.8. The van der Waals surface area contributed by atoms with Gasteiger partial charge in [-0.25, -0.2) is 9.59 Å². The molecule has 1 heterocycles. The van der Waals surface area contributed by atoms with Gasteiger partial charge in [-0.3, -0.25) is 4.90 Å². The molecule has 4 atom stereocenters. The molecule has 0 radical (unpaired) electrons. The number of nitrogens with zero attached hydrogens (tertiary/aromatic N) is 1. The number of rotatable bonds is 2. The number of ether oxygens (including phenoxy) is 2. The molecule has 1 aliphatic carbocycles. The molecule has 0 spiro atoms. The Morgan fingerprint density at radius 1 is 1.32 bits per heavy atom. The summed E-state index contributed by atoms with van der Waals surface area (Å²) in [6, 6.07) is -0.440. The topological polar surface area (TPSA) is 76.1 Å². The Labute approximate surface area is 112 Å². The Morgan fingerprint density at radius 3 is 2.47 bits per heavy atom. The number of fused-ring (bicyclic) bond motifs is 1. The van der Waals surface area contributed by atoms with Crippen molar-refractivity contribution in [3.8, 4) is 0 Å². The summed E-state index contributed by atoms with van der Waals surface area (Å²) < 4.78 is 9.87. The molecule has 1 aliphatic heterocycles. The number of amides is 1. The molecule has 0 bridgehead atoms. The molecule has 1 unspecified atom stereocenters. The number of carbonyl (C=O) groups is 2. The third-order valence-electron chi connectivity index (χ3n) is 3.56. The second-order valence-electron chi connectivity index (χ2n) is 6.22. The zero-order chi connectivity index (χ0) is 14.4. The molecule has 6 nitrogen and oxygen atoms in total. The monoisotopic (exact) mass is 271 g/mol. The normalized spacial score (nSPS) is 30.6. The molecule has 1 saturated carbocycles. The van der Waals surface area contributed by atoms with E-state index >= 15 is 0 Å². The number of esters is 1. The minimum Gasteiger partial charge on any atom is -0.467 e. The van der Waals surface area contributed by atoms with Crippen molar-refractivity contribution in [3.05, 3.63) is 0 Å². The van der Waals surface area contributed by atoms with Crippen molar-refractivity contribution in [1.82, 2.24) is 4.90 Å². The van der Waals surface area contributed by atoms with Crippen LogP contribution in [-0.2, 0) is 14.3 Å². The smallest absolute Gasteiger partial charge is 0.410 e. The summed E-state index contributed by atoms with van der Waals surface area (Å²) in [5.41, 5.74) is -0.592. The second kappa shape index (κ2) is 4.67. The molecular formula is C13H21NO5. The summed E-state index contributed by atoms with van der Waals surface area (Å²) in [6.45, 7) is 5.37. The highest BCUT2D eigenvalue weighted by atomic mass is 16.6. The van der Waals surface area contributed by atoms with Crippen LogP contribution in [0.25, 0.3) is 0 Å². The highest BCUT2D eigenvalue weighted by Gasteiger charge is 2.57. The highest BCUT2D eigenvalue weighted by molar-refractivity contribution is 5.77. The van der Waals surface area contributed by atoms with Gasteiger partial charge in [0.05, 0.1) is 13.2 Å². The number of hydrogen-bond donors (Lipinski definition) is 1. The molecule has 1 N–H and O–H groups in total. The van der Waals surface area contributed by atoms with E-state index in [1.54, 1.807) is 20.8 Å². The minimum atomic E-state index is -1.30. The molecule has 1 saturated heterocycles. The van der Waals surface area contributed by atoms with E-state index in [2.05, 4.69) is 4.74 Å². The average molecular weight is 271 g/mol. The number of aliphatic hydroxyl groups is 1. The van der Waals surface area contributed by atoms with E-state index in [9.17, 15) is 14.7 Å². The standard InChI is InChI=1S/C13H21NO5/c1-13(2,3)19-12(17)14-8-5-7(8)6-9(14)10(15)11(16)18-4/h7-10,15H,5-6H2,1-4H3/t7-,8-,9-,10?/m0/s1. The third-order valence-corrected chi connectivity index (χ3v) is 3.56. The first-order valence-electron chi connectivity index (χ1n) is 6.52. The molecule has 6 heteroatoms. The van der Waals surface area contributed by atoms with Gasteiger partial charge in [-0.15, -0.1) is 0 Å². The van der Waals surface area contributed by atoms with Crippen molar-refractivity contribution in [2.24, 2.45) is 5.92 Å². The fourth-order valence-electron chi connectivity index (χ4n) is 2.64. The van der Waals surface area contributed by atoms with Crippen LogP contribution in [0.3, 0.4) is 0 Å². The Hall–Kier alpha value is -1.30. The summed E-state index contributed by atoms with van der Waals surface area (Å²) in [7, 11) is 1.22. The van der Waals surface area contributed by atoms with E-state index in [1.807, 2.05) is 0 Å². The first-order chi connectivity index (χ1) is 8.74. The van der Waals surface area contributed by atoms with Gasteiger partial charge in [0.15, 0.2) is 6.10 Å². The van der Waals surface area contributed by atoms with E-state index < -0.39 is 29.8 Å². The van der Waals surface area contributed by atoms with Crippen LogP contribution in [-0.4, -0.2) is 53.0 Å². The SMILES string of the molecule is COC(=O)C(O)[C@@H]1C[C@@H]2C[C@@H]2N1C(=O)OC(C)(C)C. The number of piperidine rings is 1. The maximum Gasteiger partial charge on any atom is 0.410 e. The summed E-state index contributed by atoms with van der Waals surface area (Å²) in [4.78, 5) is 25.1. The Kier molecular flexibility index (Phi) is 3.47. The van der Waals surface area contributed by atoms with Crippen LogP contribution < -0.4 is 0 Å². The van der Waals surface area contributed by atoms with E-state index in [0.29, 0.717) is 12.3 Å². The number of carbonyl (C=O) groups excluding carboxylic acids is 2.